The van der Waals surface area contributed by atoms with Gasteiger partial charge in [-0.15, -0.1) is 0 Å². The topological polar surface area (TPSA) is 52.9 Å². The molecule has 1 aromatic rings. The van der Waals surface area contributed by atoms with Crippen LogP contribution >= 0.6 is 0 Å². The molecule has 1 aliphatic heterocycles. The molecule has 1 atom stereocenters. The maximum absolute atomic E-state index is 14.1. The average molecular weight is 293 g/mol. The van der Waals surface area contributed by atoms with Crippen LogP contribution in [0.15, 0.2) is 18.2 Å². The number of rotatable bonds is 4. The average Bonchev–Trinajstić information content (AvgIpc) is 2.50. The van der Waals surface area contributed by atoms with E-state index in [1.165, 1.54) is 6.07 Å². The molecule has 1 heterocycles. The number of halogens is 1. The van der Waals surface area contributed by atoms with Crippen LogP contribution in [-0.4, -0.2) is 54.1 Å². The third-order valence-corrected chi connectivity index (χ3v) is 3.34. The summed E-state index contributed by atoms with van der Waals surface area (Å²) in [4.78, 5) is 2.07. The number of aliphatic hydroxyl groups is 2. The first-order valence-corrected chi connectivity index (χ1v) is 7.06. The molecular weight excluding hydrogens is 273 g/mol. The maximum Gasteiger partial charge on any atom is 0.128 e. The van der Waals surface area contributed by atoms with Crippen molar-refractivity contribution in [3.8, 4) is 11.8 Å². The molecule has 1 saturated heterocycles. The smallest absolute Gasteiger partial charge is 0.128 e. The van der Waals surface area contributed by atoms with E-state index >= 15 is 0 Å². The van der Waals surface area contributed by atoms with E-state index in [1.807, 2.05) is 0 Å². The standard InChI is InChI=1S/C16H20FNO3/c17-16-9-13(3-1-2-7-19)4-5-14(16)10-18-6-8-21-15(11-18)12-20/h4-5,9,15,19-20H,2,6-8,10-12H2. The second-order valence-corrected chi connectivity index (χ2v) is 4.99. The Balaban J connectivity index is 1.99. The highest BCUT2D eigenvalue weighted by molar-refractivity contribution is 5.37. The van der Waals surface area contributed by atoms with Crippen molar-refractivity contribution in [1.29, 1.82) is 0 Å². The molecule has 5 heteroatoms. The van der Waals surface area contributed by atoms with Crippen LogP contribution in [0.1, 0.15) is 17.5 Å². The summed E-state index contributed by atoms with van der Waals surface area (Å²) in [6.07, 6.45) is 0.199. The first-order valence-electron chi connectivity index (χ1n) is 7.06. The molecule has 0 spiro atoms. The van der Waals surface area contributed by atoms with Crippen LogP contribution in [0.3, 0.4) is 0 Å². The molecule has 2 N–H and O–H groups in total. The number of ether oxygens (including phenoxy) is 1. The Hall–Kier alpha value is -1.45. The summed E-state index contributed by atoms with van der Waals surface area (Å²) < 4.78 is 19.4. The van der Waals surface area contributed by atoms with Crippen molar-refractivity contribution in [2.24, 2.45) is 0 Å². The van der Waals surface area contributed by atoms with Gasteiger partial charge in [-0.05, 0) is 12.1 Å². The first kappa shape index (κ1) is 15.9. The van der Waals surface area contributed by atoms with Gasteiger partial charge in [0.25, 0.3) is 0 Å². The van der Waals surface area contributed by atoms with Crippen LogP contribution in [-0.2, 0) is 11.3 Å². The van der Waals surface area contributed by atoms with Crippen molar-refractivity contribution in [2.75, 3.05) is 32.9 Å². The molecule has 0 radical (unpaired) electrons. The van der Waals surface area contributed by atoms with Crippen LogP contribution < -0.4 is 0 Å². The normalized spacial score (nSPS) is 19.1. The van der Waals surface area contributed by atoms with Crippen LogP contribution in [0.2, 0.25) is 0 Å². The molecule has 0 aromatic heterocycles. The number of benzene rings is 1. The second-order valence-electron chi connectivity index (χ2n) is 4.99. The third kappa shape index (κ3) is 4.80. The van der Waals surface area contributed by atoms with Gasteiger partial charge in [0, 0.05) is 37.2 Å². The van der Waals surface area contributed by atoms with E-state index in [0.29, 0.717) is 37.2 Å². The van der Waals surface area contributed by atoms with Gasteiger partial charge in [-0.2, -0.15) is 0 Å². The summed E-state index contributed by atoms with van der Waals surface area (Å²) in [5.41, 5.74) is 1.22. The number of aliphatic hydroxyl groups excluding tert-OH is 2. The molecule has 21 heavy (non-hydrogen) atoms. The molecule has 0 amide bonds. The van der Waals surface area contributed by atoms with Crippen LogP contribution in [0.5, 0.6) is 0 Å². The van der Waals surface area contributed by atoms with Crippen molar-refractivity contribution in [3.63, 3.8) is 0 Å². The lowest BCUT2D eigenvalue weighted by atomic mass is 10.1. The van der Waals surface area contributed by atoms with E-state index in [9.17, 15) is 4.39 Å². The largest absolute Gasteiger partial charge is 0.395 e. The first-order chi connectivity index (χ1) is 10.2. The van der Waals surface area contributed by atoms with Gasteiger partial charge in [0.1, 0.15) is 5.82 Å². The van der Waals surface area contributed by atoms with Gasteiger partial charge in [0.2, 0.25) is 0 Å². The molecule has 1 unspecified atom stereocenters. The zero-order chi connectivity index (χ0) is 15.1. The van der Waals surface area contributed by atoms with Gasteiger partial charge < -0.3 is 14.9 Å². The van der Waals surface area contributed by atoms with Gasteiger partial charge in [0.05, 0.1) is 25.9 Å². The SMILES string of the molecule is OCCC#Cc1ccc(CN2CCOC(CO)C2)c(F)c1. The molecule has 4 nitrogen and oxygen atoms in total. The molecule has 1 aliphatic rings. The quantitative estimate of drug-likeness (QED) is 0.805. The Kier molecular flexibility index (Phi) is 6.15. The van der Waals surface area contributed by atoms with Crippen molar-refractivity contribution < 1.29 is 19.3 Å². The lowest BCUT2D eigenvalue weighted by molar-refractivity contribution is -0.0553. The molecule has 1 aromatic carbocycles. The molecule has 1 fully saturated rings. The van der Waals surface area contributed by atoms with Crippen molar-refractivity contribution in [1.82, 2.24) is 4.90 Å². The monoisotopic (exact) mass is 293 g/mol. The molecule has 114 valence electrons. The van der Waals surface area contributed by atoms with Crippen LogP contribution in [0, 0.1) is 17.7 Å². The van der Waals surface area contributed by atoms with Gasteiger partial charge in [0.15, 0.2) is 0 Å². The van der Waals surface area contributed by atoms with E-state index in [4.69, 9.17) is 14.9 Å². The minimum Gasteiger partial charge on any atom is -0.395 e. The number of hydrogen-bond donors (Lipinski definition) is 2. The molecule has 0 bridgehead atoms. The summed E-state index contributed by atoms with van der Waals surface area (Å²) >= 11 is 0. The minimum absolute atomic E-state index is 0.0105. The Labute approximate surface area is 124 Å². The highest BCUT2D eigenvalue weighted by Crippen LogP contribution is 2.15. The van der Waals surface area contributed by atoms with Gasteiger partial charge >= 0.3 is 0 Å². The summed E-state index contributed by atoms with van der Waals surface area (Å²) in [6.45, 7) is 2.38. The Bertz CT molecular complexity index is 524. The molecule has 0 aliphatic carbocycles. The third-order valence-electron chi connectivity index (χ3n) is 3.34. The van der Waals surface area contributed by atoms with E-state index in [2.05, 4.69) is 16.7 Å². The fraction of sp³-hybridized carbons (Fsp3) is 0.500. The van der Waals surface area contributed by atoms with E-state index < -0.39 is 0 Å². The summed E-state index contributed by atoms with van der Waals surface area (Å²) in [5.74, 6) is 5.31. The van der Waals surface area contributed by atoms with E-state index in [-0.39, 0.29) is 25.1 Å². The van der Waals surface area contributed by atoms with Gasteiger partial charge in [-0.1, -0.05) is 17.9 Å². The van der Waals surface area contributed by atoms with Gasteiger partial charge in [-0.25, -0.2) is 4.39 Å². The van der Waals surface area contributed by atoms with Gasteiger partial charge in [-0.3, -0.25) is 4.90 Å². The fourth-order valence-corrected chi connectivity index (χ4v) is 2.25. The van der Waals surface area contributed by atoms with E-state index in [1.54, 1.807) is 12.1 Å². The lowest BCUT2D eigenvalue weighted by Gasteiger charge is -2.32. The molecule has 2 rings (SSSR count). The second kappa shape index (κ2) is 8.11. The van der Waals surface area contributed by atoms with Crippen LogP contribution in [0.25, 0.3) is 0 Å². The Morgan fingerprint density at radius 1 is 1.38 bits per heavy atom. The highest BCUT2D eigenvalue weighted by atomic mass is 19.1. The number of hydrogen-bond acceptors (Lipinski definition) is 4. The molecule has 0 saturated carbocycles. The van der Waals surface area contributed by atoms with E-state index in [0.717, 1.165) is 6.54 Å². The highest BCUT2D eigenvalue weighted by Gasteiger charge is 2.20. The minimum atomic E-state index is -0.280. The summed E-state index contributed by atoms with van der Waals surface area (Å²) in [5, 5.41) is 17.8. The predicted octanol–water partition coefficient (Wildman–Crippen LogP) is 0.753. The lowest BCUT2D eigenvalue weighted by Crippen LogP contribution is -2.43. The fourth-order valence-electron chi connectivity index (χ4n) is 2.25. The zero-order valence-corrected chi connectivity index (χ0v) is 11.9. The Morgan fingerprint density at radius 3 is 2.95 bits per heavy atom. The molecular formula is C16H20FNO3. The number of nitrogens with zero attached hydrogens (tertiary/aromatic N) is 1. The van der Waals surface area contributed by atoms with Crippen molar-refractivity contribution in [3.05, 3.63) is 35.1 Å². The Morgan fingerprint density at radius 2 is 2.24 bits per heavy atom. The van der Waals surface area contributed by atoms with Crippen molar-refractivity contribution in [2.45, 2.75) is 19.1 Å². The summed E-state index contributed by atoms with van der Waals surface area (Å²) in [6, 6.07) is 4.94. The maximum atomic E-state index is 14.1. The predicted molar refractivity (Wildman–Crippen MR) is 77.1 cm³/mol. The summed E-state index contributed by atoms with van der Waals surface area (Å²) in [7, 11) is 0. The number of morpholine rings is 1. The zero-order valence-electron chi connectivity index (χ0n) is 11.9. The van der Waals surface area contributed by atoms with Crippen molar-refractivity contribution >= 4 is 0 Å². The van der Waals surface area contributed by atoms with Crippen LogP contribution in [0.4, 0.5) is 4.39 Å².